The first-order valence-corrected chi connectivity index (χ1v) is 6.24. The Kier molecular flexibility index (Phi) is 5.48. The summed E-state index contributed by atoms with van der Waals surface area (Å²) in [6.45, 7) is 5.59. The second kappa shape index (κ2) is 6.87. The summed E-state index contributed by atoms with van der Waals surface area (Å²) in [5.74, 6) is -0.716. The Morgan fingerprint density at radius 1 is 1.32 bits per heavy atom. The molecule has 0 aliphatic rings. The molecule has 5 heteroatoms. The molecule has 0 fully saturated rings. The number of anilines is 1. The molecule has 2 N–H and O–H groups in total. The summed E-state index contributed by atoms with van der Waals surface area (Å²) in [6.07, 6.45) is 0.190. The first-order chi connectivity index (χ1) is 8.90. The zero-order valence-electron chi connectivity index (χ0n) is 11.4. The molecule has 2 amide bonds. The van der Waals surface area contributed by atoms with Crippen LogP contribution in [0.15, 0.2) is 18.2 Å². The van der Waals surface area contributed by atoms with Crippen molar-refractivity contribution in [1.29, 1.82) is 0 Å². The van der Waals surface area contributed by atoms with Crippen molar-refractivity contribution in [3.05, 3.63) is 29.6 Å². The molecule has 0 heterocycles. The van der Waals surface area contributed by atoms with E-state index < -0.39 is 0 Å². The molecule has 1 rings (SSSR count). The molecule has 0 saturated carbocycles. The van der Waals surface area contributed by atoms with E-state index in [1.54, 1.807) is 20.8 Å². The third kappa shape index (κ3) is 5.07. The van der Waals surface area contributed by atoms with Crippen molar-refractivity contribution in [3.8, 4) is 0 Å². The van der Waals surface area contributed by atoms with Gasteiger partial charge in [-0.2, -0.15) is 0 Å². The van der Waals surface area contributed by atoms with Crippen molar-refractivity contribution >= 4 is 17.5 Å². The number of halogens is 1. The van der Waals surface area contributed by atoms with Crippen LogP contribution in [0.3, 0.4) is 0 Å². The summed E-state index contributed by atoms with van der Waals surface area (Å²) in [4.78, 5) is 22.9. The lowest BCUT2D eigenvalue weighted by Gasteiger charge is -2.10. The summed E-state index contributed by atoms with van der Waals surface area (Å²) in [5.41, 5.74) is 1.25. The molecule has 104 valence electrons. The highest BCUT2D eigenvalue weighted by Crippen LogP contribution is 2.15. The summed E-state index contributed by atoms with van der Waals surface area (Å²) in [5, 5.41) is 5.35. The Bertz CT molecular complexity index is 473. The quantitative estimate of drug-likeness (QED) is 0.858. The fourth-order valence-corrected chi connectivity index (χ4v) is 1.48. The molecule has 0 bridgehead atoms. The van der Waals surface area contributed by atoms with Gasteiger partial charge in [-0.25, -0.2) is 4.39 Å². The lowest BCUT2D eigenvalue weighted by molar-refractivity contribution is -0.124. The summed E-state index contributed by atoms with van der Waals surface area (Å²) in [7, 11) is 0. The molecule has 0 aliphatic carbocycles. The number of carbonyl (C=O) groups is 2. The van der Waals surface area contributed by atoms with Gasteiger partial charge in [-0.3, -0.25) is 9.59 Å². The van der Waals surface area contributed by atoms with E-state index in [2.05, 4.69) is 10.6 Å². The molecule has 0 spiro atoms. The van der Waals surface area contributed by atoms with Crippen molar-refractivity contribution in [3.63, 3.8) is 0 Å². The van der Waals surface area contributed by atoms with E-state index in [1.165, 1.54) is 18.2 Å². The second-order valence-electron chi connectivity index (χ2n) is 4.70. The van der Waals surface area contributed by atoms with E-state index in [0.29, 0.717) is 17.8 Å². The van der Waals surface area contributed by atoms with Gasteiger partial charge in [0.05, 0.1) is 0 Å². The van der Waals surface area contributed by atoms with Gasteiger partial charge in [0, 0.05) is 24.6 Å². The summed E-state index contributed by atoms with van der Waals surface area (Å²) < 4.78 is 12.9. The molecule has 0 saturated heterocycles. The fraction of sp³-hybridized carbons (Fsp3) is 0.429. The Balaban J connectivity index is 2.41. The Hall–Kier alpha value is -1.91. The molecule has 0 radical (unpaired) electrons. The molecule has 19 heavy (non-hydrogen) atoms. The molecule has 0 aliphatic heterocycles. The van der Waals surface area contributed by atoms with Crippen LogP contribution in [0.2, 0.25) is 0 Å². The number of aryl methyl sites for hydroxylation is 1. The third-order valence-electron chi connectivity index (χ3n) is 2.64. The number of amides is 2. The molecule has 1 aromatic rings. The van der Waals surface area contributed by atoms with E-state index in [-0.39, 0.29) is 30.0 Å². The van der Waals surface area contributed by atoms with Crippen LogP contribution in [-0.4, -0.2) is 18.4 Å². The monoisotopic (exact) mass is 266 g/mol. The SMILES string of the molecule is Cc1cc(F)ccc1NC(=O)CCNC(=O)C(C)C. The lowest BCUT2D eigenvalue weighted by atomic mass is 10.2. The van der Waals surface area contributed by atoms with Gasteiger partial charge in [0.1, 0.15) is 5.82 Å². The Morgan fingerprint density at radius 2 is 2.00 bits per heavy atom. The van der Waals surface area contributed by atoms with E-state index in [0.717, 1.165) is 0 Å². The van der Waals surface area contributed by atoms with Gasteiger partial charge >= 0.3 is 0 Å². The van der Waals surface area contributed by atoms with Gasteiger partial charge < -0.3 is 10.6 Å². The van der Waals surface area contributed by atoms with Crippen LogP contribution in [0.5, 0.6) is 0 Å². The largest absolute Gasteiger partial charge is 0.355 e. The first-order valence-electron chi connectivity index (χ1n) is 6.24. The Morgan fingerprint density at radius 3 is 2.58 bits per heavy atom. The number of carbonyl (C=O) groups excluding carboxylic acids is 2. The number of benzene rings is 1. The van der Waals surface area contributed by atoms with Crippen molar-refractivity contribution < 1.29 is 14.0 Å². The van der Waals surface area contributed by atoms with Crippen LogP contribution in [0.4, 0.5) is 10.1 Å². The zero-order chi connectivity index (χ0) is 14.4. The highest BCUT2D eigenvalue weighted by atomic mass is 19.1. The van der Waals surface area contributed by atoms with Crippen LogP contribution >= 0.6 is 0 Å². The second-order valence-corrected chi connectivity index (χ2v) is 4.70. The maximum absolute atomic E-state index is 12.9. The van der Waals surface area contributed by atoms with E-state index >= 15 is 0 Å². The van der Waals surface area contributed by atoms with Crippen LogP contribution in [0.25, 0.3) is 0 Å². The number of hydrogen-bond acceptors (Lipinski definition) is 2. The minimum Gasteiger partial charge on any atom is -0.355 e. The van der Waals surface area contributed by atoms with Crippen LogP contribution < -0.4 is 10.6 Å². The maximum Gasteiger partial charge on any atom is 0.226 e. The van der Waals surface area contributed by atoms with E-state index in [9.17, 15) is 14.0 Å². The van der Waals surface area contributed by atoms with Gasteiger partial charge in [0.25, 0.3) is 0 Å². The molecule has 0 atom stereocenters. The summed E-state index contributed by atoms with van der Waals surface area (Å²) in [6, 6.07) is 4.18. The van der Waals surface area contributed by atoms with Crippen LogP contribution in [0, 0.1) is 18.7 Å². The standard InChI is InChI=1S/C14H19FN2O2/c1-9(2)14(19)16-7-6-13(18)17-12-5-4-11(15)8-10(12)3/h4-5,8-9H,6-7H2,1-3H3,(H,16,19)(H,17,18). The van der Waals surface area contributed by atoms with E-state index in [4.69, 9.17) is 0 Å². The molecule has 1 aromatic carbocycles. The van der Waals surface area contributed by atoms with Crippen molar-refractivity contribution in [2.24, 2.45) is 5.92 Å². The zero-order valence-corrected chi connectivity index (χ0v) is 11.4. The minimum absolute atomic E-state index is 0.0780. The fourth-order valence-electron chi connectivity index (χ4n) is 1.48. The number of rotatable bonds is 5. The average Bonchev–Trinajstić information content (AvgIpc) is 2.32. The Labute approximate surface area is 112 Å². The molecular formula is C14H19FN2O2. The third-order valence-corrected chi connectivity index (χ3v) is 2.64. The highest BCUT2D eigenvalue weighted by Gasteiger charge is 2.08. The first kappa shape index (κ1) is 15.1. The number of nitrogens with one attached hydrogen (secondary N) is 2. The predicted octanol–water partition coefficient (Wildman–Crippen LogP) is 2.23. The predicted molar refractivity (Wildman–Crippen MR) is 72.2 cm³/mol. The molecule has 0 unspecified atom stereocenters. The van der Waals surface area contributed by atoms with E-state index in [1.807, 2.05) is 0 Å². The average molecular weight is 266 g/mol. The van der Waals surface area contributed by atoms with Gasteiger partial charge in [-0.1, -0.05) is 13.8 Å². The van der Waals surface area contributed by atoms with Crippen molar-refractivity contribution in [2.75, 3.05) is 11.9 Å². The molecule has 0 aromatic heterocycles. The van der Waals surface area contributed by atoms with Gasteiger partial charge in [-0.15, -0.1) is 0 Å². The van der Waals surface area contributed by atoms with Crippen LogP contribution in [0.1, 0.15) is 25.8 Å². The van der Waals surface area contributed by atoms with Crippen molar-refractivity contribution in [2.45, 2.75) is 27.2 Å². The van der Waals surface area contributed by atoms with Gasteiger partial charge in [0.2, 0.25) is 11.8 Å². The highest BCUT2D eigenvalue weighted by molar-refractivity contribution is 5.91. The molecule has 4 nitrogen and oxygen atoms in total. The molecular weight excluding hydrogens is 247 g/mol. The van der Waals surface area contributed by atoms with Gasteiger partial charge in [-0.05, 0) is 30.7 Å². The summed E-state index contributed by atoms with van der Waals surface area (Å²) >= 11 is 0. The topological polar surface area (TPSA) is 58.2 Å². The lowest BCUT2D eigenvalue weighted by Crippen LogP contribution is -2.30. The smallest absolute Gasteiger partial charge is 0.226 e. The minimum atomic E-state index is -0.334. The normalized spacial score (nSPS) is 10.4. The maximum atomic E-state index is 12.9. The van der Waals surface area contributed by atoms with Gasteiger partial charge in [0.15, 0.2) is 0 Å². The number of hydrogen-bond donors (Lipinski definition) is 2. The van der Waals surface area contributed by atoms with Crippen LogP contribution in [-0.2, 0) is 9.59 Å². The van der Waals surface area contributed by atoms with Crippen molar-refractivity contribution in [1.82, 2.24) is 5.32 Å².